The van der Waals surface area contributed by atoms with Crippen LogP contribution in [0.15, 0.2) is 0 Å². The van der Waals surface area contributed by atoms with Crippen LogP contribution in [0.3, 0.4) is 0 Å². The Balaban J connectivity index is 2.01. The molecule has 10 heavy (non-hydrogen) atoms. The molecule has 1 aliphatic rings. The molecular formula is C8H16O2. The quantitative estimate of drug-likeness (QED) is 0.558. The van der Waals surface area contributed by atoms with E-state index in [1.54, 1.807) is 0 Å². The summed E-state index contributed by atoms with van der Waals surface area (Å²) in [6, 6.07) is 0. The van der Waals surface area contributed by atoms with E-state index in [2.05, 4.69) is 13.8 Å². The van der Waals surface area contributed by atoms with E-state index in [-0.39, 0.29) is 5.60 Å². The van der Waals surface area contributed by atoms with E-state index < -0.39 is 0 Å². The fraction of sp³-hybridized carbons (Fsp3) is 1.00. The molecule has 1 aliphatic heterocycles. The van der Waals surface area contributed by atoms with Crippen molar-refractivity contribution >= 4 is 0 Å². The third-order valence-electron chi connectivity index (χ3n) is 1.76. The molecule has 1 heterocycles. The molecule has 0 unspecified atom stereocenters. The molecule has 0 aromatic carbocycles. The second kappa shape index (κ2) is 3.35. The minimum atomic E-state index is 0.0508. The summed E-state index contributed by atoms with van der Waals surface area (Å²) in [6.07, 6.45) is 2.37. The van der Waals surface area contributed by atoms with Crippen molar-refractivity contribution in [3.63, 3.8) is 0 Å². The SMILES string of the molecule is CCCCOC1(C)COC1. The molecule has 0 aromatic heterocycles. The third kappa shape index (κ3) is 1.96. The summed E-state index contributed by atoms with van der Waals surface area (Å²) in [5.41, 5.74) is 0.0508. The Morgan fingerprint density at radius 1 is 1.50 bits per heavy atom. The molecular weight excluding hydrogens is 128 g/mol. The summed E-state index contributed by atoms with van der Waals surface area (Å²) in [4.78, 5) is 0. The molecule has 0 aromatic rings. The molecule has 0 spiro atoms. The number of hydrogen-bond donors (Lipinski definition) is 0. The molecule has 0 N–H and O–H groups in total. The molecule has 0 saturated carbocycles. The molecule has 60 valence electrons. The molecule has 0 atom stereocenters. The van der Waals surface area contributed by atoms with Gasteiger partial charge in [0.1, 0.15) is 5.60 Å². The van der Waals surface area contributed by atoms with E-state index in [4.69, 9.17) is 9.47 Å². The van der Waals surface area contributed by atoms with Gasteiger partial charge in [0.05, 0.1) is 13.2 Å². The van der Waals surface area contributed by atoms with Crippen molar-refractivity contribution in [1.82, 2.24) is 0 Å². The van der Waals surface area contributed by atoms with Gasteiger partial charge in [-0.15, -0.1) is 0 Å². The topological polar surface area (TPSA) is 18.5 Å². The van der Waals surface area contributed by atoms with E-state index in [0.717, 1.165) is 26.2 Å². The number of unbranched alkanes of at least 4 members (excludes halogenated alkanes) is 1. The highest BCUT2D eigenvalue weighted by Gasteiger charge is 2.33. The van der Waals surface area contributed by atoms with Gasteiger partial charge in [0.2, 0.25) is 0 Å². The van der Waals surface area contributed by atoms with Crippen LogP contribution in [0.25, 0.3) is 0 Å². The summed E-state index contributed by atoms with van der Waals surface area (Å²) in [7, 11) is 0. The van der Waals surface area contributed by atoms with Crippen LogP contribution in [-0.4, -0.2) is 25.4 Å². The van der Waals surface area contributed by atoms with Crippen molar-refractivity contribution in [2.24, 2.45) is 0 Å². The molecule has 2 nitrogen and oxygen atoms in total. The maximum absolute atomic E-state index is 5.58. The van der Waals surface area contributed by atoms with Gasteiger partial charge in [-0.25, -0.2) is 0 Å². The smallest absolute Gasteiger partial charge is 0.112 e. The van der Waals surface area contributed by atoms with Crippen LogP contribution in [0, 0.1) is 0 Å². The van der Waals surface area contributed by atoms with Crippen LogP contribution in [0.5, 0.6) is 0 Å². The van der Waals surface area contributed by atoms with Crippen molar-refractivity contribution < 1.29 is 9.47 Å². The lowest BCUT2D eigenvalue weighted by atomic mass is 10.1. The Bertz CT molecular complexity index is 97.4. The first-order valence-corrected chi connectivity index (χ1v) is 3.98. The molecule has 0 aliphatic carbocycles. The van der Waals surface area contributed by atoms with Crippen molar-refractivity contribution in [2.75, 3.05) is 19.8 Å². The number of hydrogen-bond acceptors (Lipinski definition) is 2. The van der Waals surface area contributed by atoms with Crippen LogP contribution in [0.4, 0.5) is 0 Å². The highest BCUT2D eigenvalue weighted by atomic mass is 16.6. The summed E-state index contributed by atoms with van der Waals surface area (Å²) in [6.45, 7) is 6.71. The zero-order valence-electron chi connectivity index (χ0n) is 6.85. The fourth-order valence-corrected chi connectivity index (χ4v) is 0.936. The molecule has 2 heteroatoms. The van der Waals surface area contributed by atoms with E-state index >= 15 is 0 Å². The van der Waals surface area contributed by atoms with Crippen LogP contribution < -0.4 is 0 Å². The van der Waals surface area contributed by atoms with Gasteiger partial charge in [-0.05, 0) is 13.3 Å². The maximum Gasteiger partial charge on any atom is 0.112 e. The molecule has 1 rings (SSSR count). The van der Waals surface area contributed by atoms with Crippen LogP contribution >= 0.6 is 0 Å². The standard InChI is InChI=1S/C8H16O2/c1-3-4-5-10-8(2)6-9-7-8/h3-7H2,1-2H3. The molecule has 0 bridgehead atoms. The Hall–Kier alpha value is -0.0800. The lowest BCUT2D eigenvalue weighted by Gasteiger charge is -2.37. The molecule has 0 radical (unpaired) electrons. The summed E-state index contributed by atoms with van der Waals surface area (Å²) in [5, 5.41) is 0. The van der Waals surface area contributed by atoms with Crippen LogP contribution in [0.2, 0.25) is 0 Å². The predicted octanol–water partition coefficient (Wildman–Crippen LogP) is 1.59. The monoisotopic (exact) mass is 144 g/mol. The van der Waals surface area contributed by atoms with Crippen molar-refractivity contribution in [3.05, 3.63) is 0 Å². The normalized spacial score (nSPS) is 22.2. The lowest BCUT2D eigenvalue weighted by molar-refractivity contribution is -0.199. The van der Waals surface area contributed by atoms with E-state index in [9.17, 15) is 0 Å². The van der Waals surface area contributed by atoms with Gasteiger partial charge in [-0.3, -0.25) is 0 Å². The first-order valence-electron chi connectivity index (χ1n) is 3.98. The molecule has 1 fully saturated rings. The van der Waals surface area contributed by atoms with Gasteiger partial charge >= 0.3 is 0 Å². The first-order chi connectivity index (χ1) is 4.77. The highest BCUT2D eigenvalue weighted by molar-refractivity contribution is 4.81. The van der Waals surface area contributed by atoms with Crippen LogP contribution in [0.1, 0.15) is 26.7 Å². The number of rotatable bonds is 4. The average Bonchev–Trinajstić information content (AvgIpc) is 1.85. The molecule has 1 saturated heterocycles. The summed E-state index contributed by atoms with van der Waals surface area (Å²) >= 11 is 0. The number of ether oxygens (including phenoxy) is 2. The van der Waals surface area contributed by atoms with E-state index in [1.807, 2.05) is 0 Å². The van der Waals surface area contributed by atoms with Gasteiger partial charge in [-0.2, -0.15) is 0 Å². The largest absolute Gasteiger partial charge is 0.375 e. The average molecular weight is 144 g/mol. The van der Waals surface area contributed by atoms with Gasteiger partial charge < -0.3 is 9.47 Å². The van der Waals surface area contributed by atoms with Gasteiger partial charge in [-0.1, -0.05) is 13.3 Å². The fourth-order valence-electron chi connectivity index (χ4n) is 0.936. The molecule has 0 amide bonds. The highest BCUT2D eigenvalue weighted by Crippen LogP contribution is 2.20. The van der Waals surface area contributed by atoms with E-state index in [0.29, 0.717) is 0 Å². The van der Waals surface area contributed by atoms with Crippen molar-refractivity contribution in [2.45, 2.75) is 32.3 Å². The third-order valence-corrected chi connectivity index (χ3v) is 1.76. The van der Waals surface area contributed by atoms with Crippen LogP contribution in [-0.2, 0) is 9.47 Å². The zero-order chi connectivity index (χ0) is 7.45. The second-order valence-corrected chi connectivity index (χ2v) is 3.14. The van der Waals surface area contributed by atoms with Gasteiger partial charge in [0, 0.05) is 6.61 Å². The zero-order valence-corrected chi connectivity index (χ0v) is 6.85. The second-order valence-electron chi connectivity index (χ2n) is 3.14. The lowest BCUT2D eigenvalue weighted by Crippen LogP contribution is -2.49. The summed E-state index contributed by atoms with van der Waals surface area (Å²) < 4.78 is 10.6. The van der Waals surface area contributed by atoms with E-state index in [1.165, 1.54) is 6.42 Å². The van der Waals surface area contributed by atoms with Gasteiger partial charge in [0.25, 0.3) is 0 Å². The minimum absolute atomic E-state index is 0.0508. The summed E-state index contributed by atoms with van der Waals surface area (Å²) in [5.74, 6) is 0. The minimum Gasteiger partial charge on any atom is -0.375 e. The van der Waals surface area contributed by atoms with Crippen molar-refractivity contribution in [1.29, 1.82) is 0 Å². The van der Waals surface area contributed by atoms with Gasteiger partial charge in [0.15, 0.2) is 0 Å². The Morgan fingerprint density at radius 2 is 2.20 bits per heavy atom. The first kappa shape index (κ1) is 8.02. The Labute approximate surface area is 62.5 Å². The Morgan fingerprint density at radius 3 is 2.60 bits per heavy atom. The Kier molecular flexibility index (Phi) is 2.69. The maximum atomic E-state index is 5.58. The predicted molar refractivity (Wildman–Crippen MR) is 40.1 cm³/mol. The van der Waals surface area contributed by atoms with Crippen molar-refractivity contribution in [3.8, 4) is 0 Å².